The molecule has 5 nitrogen and oxygen atoms in total. The number of hydrogen-bond acceptors (Lipinski definition) is 4. The van der Waals surface area contributed by atoms with Crippen molar-refractivity contribution >= 4 is 17.2 Å². The van der Waals surface area contributed by atoms with Crippen molar-refractivity contribution in [3.8, 4) is 17.2 Å². The van der Waals surface area contributed by atoms with Crippen LogP contribution in [0, 0.1) is 0 Å². The van der Waals surface area contributed by atoms with Crippen LogP contribution in [-0.2, 0) is 13.0 Å². The third kappa shape index (κ3) is 6.01. The zero-order chi connectivity index (χ0) is 22.9. The van der Waals surface area contributed by atoms with Crippen molar-refractivity contribution in [2.45, 2.75) is 45.6 Å². The summed E-state index contributed by atoms with van der Waals surface area (Å²) in [5.41, 5.74) is 2.84. The second-order valence-corrected chi connectivity index (χ2v) is 8.13. The van der Waals surface area contributed by atoms with Gasteiger partial charge in [-0.2, -0.15) is 0 Å². The zero-order valence-electron chi connectivity index (χ0n) is 19.1. The van der Waals surface area contributed by atoms with E-state index in [1.165, 1.54) is 0 Å². The van der Waals surface area contributed by atoms with E-state index in [-0.39, 0.29) is 0 Å². The lowest BCUT2D eigenvalue weighted by molar-refractivity contribution is 0.112. The Labute approximate surface area is 195 Å². The summed E-state index contributed by atoms with van der Waals surface area (Å²) in [5, 5.41) is 0.909. The number of nitrogens with zero attached hydrogens (tertiary/aromatic N) is 2. The van der Waals surface area contributed by atoms with Crippen LogP contribution in [0.15, 0.2) is 73.1 Å². The SMILES string of the molecule is CCCCOc1ccc(Oc2ccc3c(c2)c(C=O)cn3CCCCc2ccccn2)cc1. The number of benzene rings is 2. The van der Waals surface area contributed by atoms with Crippen molar-refractivity contribution in [3.63, 3.8) is 0 Å². The first-order valence-electron chi connectivity index (χ1n) is 11.7. The quantitative estimate of drug-likeness (QED) is 0.178. The van der Waals surface area contributed by atoms with E-state index in [1.807, 2.05) is 67.0 Å². The smallest absolute Gasteiger partial charge is 0.152 e. The molecule has 0 spiro atoms. The monoisotopic (exact) mass is 442 g/mol. The first-order chi connectivity index (χ1) is 16.3. The summed E-state index contributed by atoms with van der Waals surface area (Å²) in [7, 11) is 0. The Bertz CT molecular complexity index is 1170. The zero-order valence-corrected chi connectivity index (χ0v) is 19.1. The Kier molecular flexibility index (Phi) is 7.75. The molecule has 2 heterocycles. The highest BCUT2D eigenvalue weighted by atomic mass is 16.5. The summed E-state index contributed by atoms with van der Waals surface area (Å²) in [6.45, 7) is 3.73. The molecule has 0 amide bonds. The number of pyridine rings is 1. The molecule has 5 heteroatoms. The average Bonchev–Trinajstić information content (AvgIpc) is 3.21. The Morgan fingerprint density at radius 3 is 2.52 bits per heavy atom. The fourth-order valence-electron chi connectivity index (χ4n) is 3.85. The summed E-state index contributed by atoms with van der Waals surface area (Å²) in [4.78, 5) is 16.1. The highest BCUT2D eigenvalue weighted by Gasteiger charge is 2.10. The minimum absolute atomic E-state index is 0.680. The van der Waals surface area contributed by atoms with E-state index in [4.69, 9.17) is 9.47 Å². The van der Waals surface area contributed by atoms with Crippen LogP contribution in [0.2, 0.25) is 0 Å². The van der Waals surface area contributed by atoms with Gasteiger partial charge in [-0.15, -0.1) is 0 Å². The topological polar surface area (TPSA) is 53.4 Å². The van der Waals surface area contributed by atoms with E-state index < -0.39 is 0 Å². The molecular weight excluding hydrogens is 412 g/mol. The molecule has 0 saturated heterocycles. The molecule has 0 fully saturated rings. The number of unbranched alkanes of at least 4 members (excludes halogenated alkanes) is 2. The minimum Gasteiger partial charge on any atom is -0.494 e. The molecule has 0 radical (unpaired) electrons. The van der Waals surface area contributed by atoms with Crippen molar-refractivity contribution < 1.29 is 14.3 Å². The van der Waals surface area contributed by atoms with Crippen LogP contribution in [0.5, 0.6) is 17.2 Å². The fraction of sp³-hybridized carbons (Fsp3) is 0.286. The van der Waals surface area contributed by atoms with E-state index in [2.05, 4.69) is 22.5 Å². The van der Waals surface area contributed by atoms with Crippen molar-refractivity contribution in [1.29, 1.82) is 0 Å². The van der Waals surface area contributed by atoms with Crippen molar-refractivity contribution in [2.24, 2.45) is 0 Å². The van der Waals surface area contributed by atoms with Crippen LogP contribution in [0.1, 0.15) is 48.7 Å². The van der Waals surface area contributed by atoms with Crippen LogP contribution < -0.4 is 9.47 Å². The standard InChI is InChI=1S/C28H30N2O3/c1-2-3-18-32-24-10-12-25(13-11-24)33-26-14-15-28-27(19-26)22(21-31)20-30(28)17-7-5-9-23-8-4-6-16-29-23/h4,6,8,10-16,19-21H,2-3,5,7,9,17-18H2,1H3. The number of hydrogen-bond donors (Lipinski definition) is 0. The van der Waals surface area contributed by atoms with Gasteiger partial charge in [-0.25, -0.2) is 0 Å². The number of aromatic nitrogens is 2. The largest absolute Gasteiger partial charge is 0.494 e. The van der Waals surface area contributed by atoms with Gasteiger partial charge in [-0.3, -0.25) is 9.78 Å². The number of carbonyl (C=O) groups excluding carboxylic acids is 1. The van der Waals surface area contributed by atoms with Crippen LogP contribution >= 0.6 is 0 Å². The summed E-state index contributed by atoms with van der Waals surface area (Å²) >= 11 is 0. The van der Waals surface area contributed by atoms with Crippen molar-refractivity contribution in [1.82, 2.24) is 9.55 Å². The molecule has 0 aliphatic rings. The van der Waals surface area contributed by atoms with E-state index in [0.29, 0.717) is 11.3 Å². The Hall–Kier alpha value is -3.60. The third-order valence-electron chi connectivity index (χ3n) is 5.64. The number of fused-ring (bicyclic) bond motifs is 1. The second-order valence-electron chi connectivity index (χ2n) is 8.13. The van der Waals surface area contributed by atoms with Gasteiger partial charge in [0.05, 0.1) is 6.61 Å². The number of ether oxygens (including phenoxy) is 2. The van der Waals surface area contributed by atoms with Crippen LogP contribution in [-0.4, -0.2) is 22.4 Å². The first kappa shape index (κ1) is 22.6. The molecule has 33 heavy (non-hydrogen) atoms. The number of rotatable bonds is 12. The van der Waals surface area contributed by atoms with Crippen LogP contribution in [0.4, 0.5) is 0 Å². The maximum atomic E-state index is 11.7. The molecule has 0 saturated carbocycles. The van der Waals surface area contributed by atoms with Gasteiger partial charge in [-0.05, 0) is 80.3 Å². The molecule has 0 atom stereocenters. The summed E-state index contributed by atoms with van der Waals surface area (Å²) in [5.74, 6) is 2.28. The lowest BCUT2D eigenvalue weighted by Crippen LogP contribution is -1.98. The predicted octanol–water partition coefficient (Wildman–Crippen LogP) is 6.84. The predicted molar refractivity (Wildman–Crippen MR) is 131 cm³/mol. The molecule has 2 aromatic carbocycles. The minimum atomic E-state index is 0.680. The molecule has 0 aliphatic carbocycles. The number of aldehydes is 1. The lowest BCUT2D eigenvalue weighted by atomic mass is 10.1. The normalized spacial score (nSPS) is 10.9. The molecule has 0 bridgehead atoms. The van der Waals surface area contributed by atoms with Crippen LogP contribution in [0.25, 0.3) is 10.9 Å². The van der Waals surface area contributed by atoms with E-state index in [0.717, 1.165) is 79.6 Å². The van der Waals surface area contributed by atoms with Crippen molar-refractivity contribution in [3.05, 3.63) is 84.3 Å². The van der Waals surface area contributed by atoms with Gasteiger partial charge < -0.3 is 14.0 Å². The van der Waals surface area contributed by atoms with Gasteiger partial charge >= 0.3 is 0 Å². The van der Waals surface area contributed by atoms with E-state index in [1.54, 1.807) is 0 Å². The average molecular weight is 443 g/mol. The Morgan fingerprint density at radius 2 is 1.76 bits per heavy atom. The lowest BCUT2D eigenvalue weighted by Gasteiger charge is -2.09. The van der Waals surface area contributed by atoms with Gasteiger partial charge in [0.1, 0.15) is 17.2 Å². The number of aryl methyl sites for hydroxylation is 2. The molecule has 0 unspecified atom stereocenters. The van der Waals surface area contributed by atoms with Gasteiger partial charge in [0.15, 0.2) is 6.29 Å². The highest BCUT2D eigenvalue weighted by molar-refractivity contribution is 5.98. The molecule has 4 rings (SSSR count). The molecule has 0 aliphatic heterocycles. The van der Waals surface area contributed by atoms with Crippen LogP contribution in [0.3, 0.4) is 0 Å². The van der Waals surface area contributed by atoms with Gasteiger partial charge in [0.25, 0.3) is 0 Å². The highest BCUT2D eigenvalue weighted by Crippen LogP contribution is 2.29. The summed E-state index contributed by atoms with van der Waals surface area (Å²) in [6, 6.07) is 19.6. The Balaban J connectivity index is 1.40. The molecule has 2 aromatic heterocycles. The summed E-state index contributed by atoms with van der Waals surface area (Å²) < 4.78 is 13.9. The maximum absolute atomic E-state index is 11.7. The van der Waals surface area contributed by atoms with Gasteiger partial charge in [-0.1, -0.05) is 19.4 Å². The molecule has 0 N–H and O–H groups in total. The van der Waals surface area contributed by atoms with E-state index >= 15 is 0 Å². The second kappa shape index (κ2) is 11.3. The van der Waals surface area contributed by atoms with E-state index in [9.17, 15) is 4.79 Å². The number of carbonyl (C=O) groups is 1. The molecule has 170 valence electrons. The third-order valence-corrected chi connectivity index (χ3v) is 5.64. The van der Waals surface area contributed by atoms with Gasteiger partial charge in [0, 0.05) is 41.1 Å². The maximum Gasteiger partial charge on any atom is 0.152 e. The molecule has 4 aromatic rings. The first-order valence-corrected chi connectivity index (χ1v) is 11.7. The van der Waals surface area contributed by atoms with Crippen molar-refractivity contribution in [2.75, 3.05) is 6.61 Å². The summed E-state index contributed by atoms with van der Waals surface area (Å²) in [6.07, 6.45) is 9.86. The Morgan fingerprint density at radius 1 is 0.939 bits per heavy atom. The fourth-order valence-corrected chi connectivity index (χ4v) is 3.85. The molecular formula is C28H30N2O3. The van der Waals surface area contributed by atoms with Gasteiger partial charge in [0.2, 0.25) is 0 Å².